The van der Waals surface area contributed by atoms with Crippen LogP contribution in [0, 0.1) is 0 Å². The van der Waals surface area contributed by atoms with Gasteiger partial charge in [-0.1, -0.05) is 29.8 Å². The SMILES string of the molecule is O=Cc1cccc(-c2cc(Cl)nc(N3CCOCC3)n2)c1. The number of nitrogens with zero attached hydrogens (tertiary/aromatic N) is 3. The summed E-state index contributed by atoms with van der Waals surface area (Å²) in [6.45, 7) is 2.81. The maximum absolute atomic E-state index is 10.9. The first-order valence-electron chi connectivity index (χ1n) is 6.69. The number of carbonyl (C=O) groups excluding carboxylic acids is 1. The molecule has 1 aliphatic rings. The highest BCUT2D eigenvalue weighted by Crippen LogP contribution is 2.24. The topological polar surface area (TPSA) is 55.3 Å². The Morgan fingerprint density at radius 2 is 2.00 bits per heavy atom. The van der Waals surface area contributed by atoms with Gasteiger partial charge in [0.15, 0.2) is 0 Å². The maximum atomic E-state index is 10.9. The zero-order valence-electron chi connectivity index (χ0n) is 11.3. The van der Waals surface area contributed by atoms with Crippen LogP contribution in [-0.4, -0.2) is 42.6 Å². The molecule has 1 aliphatic heterocycles. The van der Waals surface area contributed by atoms with Crippen LogP contribution >= 0.6 is 11.6 Å². The lowest BCUT2D eigenvalue weighted by Gasteiger charge is -2.27. The Balaban J connectivity index is 1.98. The molecule has 0 unspecified atom stereocenters. The lowest BCUT2D eigenvalue weighted by molar-refractivity contribution is 0.112. The van der Waals surface area contributed by atoms with Crippen LogP contribution in [0.25, 0.3) is 11.3 Å². The maximum Gasteiger partial charge on any atom is 0.227 e. The standard InChI is InChI=1S/C15H14ClN3O2/c16-14-9-13(12-3-1-2-11(8-12)10-20)17-15(18-14)19-4-6-21-7-5-19/h1-3,8-10H,4-7H2. The van der Waals surface area contributed by atoms with Crippen molar-refractivity contribution in [3.8, 4) is 11.3 Å². The van der Waals surface area contributed by atoms with Crippen molar-refractivity contribution >= 4 is 23.8 Å². The highest BCUT2D eigenvalue weighted by molar-refractivity contribution is 6.29. The van der Waals surface area contributed by atoms with Gasteiger partial charge in [0.1, 0.15) is 11.4 Å². The summed E-state index contributed by atoms with van der Waals surface area (Å²) in [5.41, 5.74) is 2.16. The Hall–Kier alpha value is -1.98. The van der Waals surface area contributed by atoms with Gasteiger partial charge in [0.2, 0.25) is 5.95 Å². The Morgan fingerprint density at radius 1 is 1.19 bits per heavy atom. The van der Waals surface area contributed by atoms with E-state index in [0.29, 0.717) is 35.6 Å². The number of anilines is 1. The molecule has 0 atom stereocenters. The van der Waals surface area contributed by atoms with E-state index in [-0.39, 0.29) is 0 Å². The molecule has 0 radical (unpaired) electrons. The molecule has 5 nitrogen and oxygen atoms in total. The smallest absolute Gasteiger partial charge is 0.227 e. The molecular formula is C15H14ClN3O2. The number of benzene rings is 1. The summed E-state index contributed by atoms with van der Waals surface area (Å²) in [6, 6.07) is 8.96. The molecule has 0 saturated carbocycles. The highest BCUT2D eigenvalue weighted by atomic mass is 35.5. The molecule has 1 aromatic heterocycles. The van der Waals surface area contributed by atoms with Gasteiger partial charge in [-0.25, -0.2) is 9.97 Å². The van der Waals surface area contributed by atoms with Gasteiger partial charge < -0.3 is 9.64 Å². The van der Waals surface area contributed by atoms with Crippen molar-refractivity contribution in [2.75, 3.05) is 31.2 Å². The Labute approximate surface area is 127 Å². The van der Waals surface area contributed by atoms with Crippen LogP contribution in [0.1, 0.15) is 10.4 Å². The number of morpholine rings is 1. The predicted molar refractivity (Wildman–Crippen MR) is 80.9 cm³/mol. The Bertz CT molecular complexity index is 657. The van der Waals surface area contributed by atoms with Crippen molar-refractivity contribution < 1.29 is 9.53 Å². The lowest BCUT2D eigenvalue weighted by Crippen LogP contribution is -2.37. The van der Waals surface area contributed by atoms with Gasteiger partial charge in [-0.05, 0) is 6.07 Å². The van der Waals surface area contributed by atoms with E-state index in [9.17, 15) is 4.79 Å². The molecule has 1 saturated heterocycles. The van der Waals surface area contributed by atoms with Gasteiger partial charge in [0.05, 0.1) is 18.9 Å². The second-order valence-corrected chi connectivity index (χ2v) is 5.11. The third-order valence-corrected chi connectivity index (χ3v) is 3.49. The van der Waals surface area contributed by atoms with E-state index < -0.39 is 0 Å². The normalized spacial score (nSPS) is 15.0. The third-order valence-electron chi connectivity index (χ3n) is 3.30. The van der Waals surface area contributed by atoms with Crippen LogP contribution in [0.5, 0.6) is 0 Å². The molecule has 1 aromatic carbocycles. The molecule has 0 amide bonds. The summed E-state index contributed by atoms with van der Waals surface area (Å²) in [5, 5.41) is 0.387. The van der Waals surface area contributed by atoms with Crippen molar-refractivity contribution in [1.82, 2.24) is 9.97 Å². The first kappa shape index (κ1) is 14.0. The minimum absolute atomic E-state index is 0.387. The number of carbonyl (C=O) groups is 1. The largest absolute Gasteiger partial charge is 0.378 e. The number of ether oxygens (including phenoxy) is 1. The van der Waals surface area contributed by atoms with Crippen molar-refractivity contribution in [2.24, 2.45) is 0 Å². The van der Waals surface area contributed by atoms with Crippen LogP contribution < -0.4 is 4.90 Å². The fraction of sp³-hybridized carbons (Fsp3) is 0.267. The number of aromatic nitrogens is 2. The molecule has 0 spiro atoms. The highest BCUT2D eigenvalue weighted by Gasteiger charge is 2.16. The molecule has 0 aliphatic carbocycles. The molecule has 21 heavy (non-hydrogen) atoms. The van der Waals surface area contributed by atoms with E-state index in [0.717, 1.165) is 24.9 Å². The van der Waals surface area contributed by atoms with Crippen LogP contribution in [0.3, 0.4) is 0 Å². The number of rotatable bonds is 3. The molecule has 2 aromatic rings. The van der Waals surface area contributed by atoms with Gasteiger partial charge in [-0.2, -0.15) is 0 Å². The fourth-order valence-corrected chi connectivity index (χ4v) is 2.41. The number of aldehydes is 1. The molecule has 1 fully saturated rings. The zero-order valence-corrected chi connectivity index (χ0v) is 12.1. The summed E-state index contributed by atoms with van der Waals surface area (Å²) in [5.74, 6) is 0.595. The molecule has 6 heteroatoms. The van der Waals surface area contributed by atoms with E-state index in [1.54, 1.807) is 18.2 Å². The summed E-state index contributed by atoms with van der Waals surface area (Å²) in [6.07, 6.45) is 0.815. The first-order valence-corrected chi connectivity index (χ1v) is 7.07. The molecule has 2 heterocycles. The summed E-state index contributed by atoms with van der Waals surface area (Å²) in [7, 11) is 0. The van der Waals surface area contributed by atoms with Crippen LogP contribution in [-0.2, 0) is 4.74 Å². The van der Waals surface area contributed by atoms with Gasteiger partial charge in [-0.3, -0.25) is 4.79 Å². The van der Waals surface area contributed by atoms with Gasteiger partial charge in [-0.15, -0.1) is 0 Å². The second kappa shape index (κ2) is 6.20. The van der Waals surface area contributed by atoms with Gasteiger partial charge in [0, 0.05) is 30.3 Å². The van der Waals surface area contributed by atoms with Crippen LogP contribution in [0.15, 0.2) is 30.3 Å². The fourth-order valence-electron chi connectivity index (χ4n) is 2.23. The van der Waals surface area contributed by atoms with E-state index in [4.69, 9.17) is 16.3 Å². The number of hydrogen-bond donors (Lipinski definition) is 0. The minimum Gasteiger partial charge on any atom is -0.378 e. The van der Waals surface area contributed by atoms with E-state index >= 15 is 0 Å². The molecule has 0 N–H and O–H groups in total. The molecular weight excluding hydrogens is 290 g/mol. The van der Waals surface area contributed by atoms with Crippen molar-refractivity contribution in [3.05, 3.63) is 41.0 Å². The average molecular weight is 304 g/mol. The average Bonchev–Trinajstić information content (AvgIpc) is 2.55. The van der Waals surface area contributed by atoms with Crippen molar-refractivity contribution in [1.29, 1.82) is 0 Å². The zero-order chi connectivity index (χ0) is 14.7. The Morgan fingerprint density at radius 3 is 2.76 bits per heavy atom. The summed E-state index contributed by atoms with van der Waals surface area (Å²) in [4.78, 5) is 21.8. The third kappa shape index (κ3) is 3.20. The van der Waals surface area contributed by atoms with E-state index in [1.165, 1.54) is 0 Å². The Kier molecular flexibility index (Phi) is 4.13. The molecule has 108 valence electrons. The number of hydrogen-bond acceptors (Lipinski definition) is 5. The number of halogens is 1. The van der Waals surface area contributed by atoms with E-state index in [1.807, 2.05) is 17.0 Å². The van der Waals surface area contributed by atoms with Gasteiger partial charge in [0.25, 0.3) is 0 Å². The predicted octanol–water partition coefficient (Wildman–Crippen LogP) is 2.45. The van der Waals surface area contributed by atoms with Crippen LogP contribution in [0.2, 0.25) is 5.15 Å². The lowest BCUT2D eigenvalue weighted by atomic mass is 10.1. The summed E-state index contributed by atoms with van der Waals surface area (Å²) >= 11 is 6.11. The van der Waals surface area contributed by atoms with Crippen molar-refractivity contribution in [3.63, 3.8) is 0 Å². The van der Waals surface area contributed by atoms with Crippen LogP contribution in [0.4, 0.5) is 5.95 Å². The second-order valence-electron chi connectivity index (χ2n) is 4.72. The summed E-state index contributed by atoms with van der Waals surface area (Å²) < 4.78 is 5.33. The quantitative estimate of drug-likeness (QED) is 0.644. The molecule has 0 bridgehead atoms. The van der Waals surface area contributed by atoms with Crippen molar-refractivity contribution in [2.45, 2.75) is 0 Å². The molecule has 3 rings (SSSR count). The minimum atomic E-state index is 0.387. The van der Waals surface area contributed by atoms with E-state index in [2.05, 4.69) is 9.97 Å². The van der Waals surface area contributed by atoms with Gasteiger partial charge >= 0.3 is 0 Å². The first-order chi connectivity index (χ1) is 10.3. The monoisotopic (exact) mass is 303 g/mol.